The van der Waals surface area contributed by atoms with Gasteiger partial charge in [-0.2, -0.15) is 9.78 Å². The van der Waals surface area contributed by atoms with Crippen molar-refractivity contribution in [2.45, 2.75) is 26.3 Å². The molecule has 0 saturated carbocycles. The highest BCUT2D eigenvalue weighted by Gasteiger charge is 2.24. The van der Waals surface area contributed by atoms with Gasteiger partial charge < -0.3 is 16.2 Å². The Balaban J connectivity index is 1.92. The average Bonchev–Trinajstić information content (AvgIpc) is 3.01. The molecule has 4 rings (SSSR count). The fraction of sp³-hybridized carbons (Fsp3) is 0.182. The number of carbonyl (C=O) groups is 1. The quantitative estimate of drug-likeness (QED) is 0.443. The number of fused-ring (bicyclic) bond motifs is 2. The molecule has 8 heteroatoms. The number of nitrogens with one attached hydrogen (secondary N) is 1. The molecule has 8 nitrogen and oxygen atoms in total. The van der Waals surface area contributed by atoms with Gasteiger partial charge in [-0.3, -0.25) is 4.79 Å². The minimum atomic E-state index is -0.326. The topological polar surface area (TPSA) is 118 Å². The van der Waals surface area contributed by atoms with Crippen LogP contribution in [0.2, 0.25) is 0 Å². The summed E-state index contributed by atoms with van der Waals surface area (Å²) in [6, 6.07) is 14.2. The molecule has 30 heavy (non-hydrogen) atoms. The Morgan fingerprint density at radius 1 is 1.20 bits per heavy atom. The first-order chi connectivity index (χ1) is 14.5. The van der Waals surface area contributed by atoms with Crippen molar-refractivity contribution >= 4 is 40.1 Å². The molecule has 1 unspecified atom stereocenters. The van der Waals surface area contributed by atoms with Crippen LogP contribution in [-0.2, 0) is 0 Å². The van der Waals surface area contributed by atoms with E-state index in [0.717, 1.165) is 6.42 Å². The normalized spacial score (nSPS) is 12.6. The van der Waals surface area contributed by atoms with Crippen LogP contribution in [0.25, 0.3) is 22.2 Å². The SMILES string of the molecule is CCC(C)NC(=O)c1c(N)n(N=Cc2ccccc2O)c2nc3ccccc3nc12. The summed E-state index contributed by atoms with van der Waals surface area (Å²) in [5.74, 6) is -0.108. The summed E-state index contributed by atoms with van der Waals surface area (Å²) < 4.78 is 1.38. The third kappa shape index (κ3) is 3.43. The third-order valence-corrected chi connectivity index (χ3v) is 4.94. The Bertz CT molecular complexity index is 1280. The van der Waals surface area contributed by atoms with E-state index in [1.807, 2.05) is 38.1 Å². The van der Waals surface area contributed by atoms with E-state index in [1.54, 1.807) is 24.3 Å². The number of nitrogens with zero attached hydrogens (tertiary/aromatic N) is 4. The molecule has 1 amide bonds. The van der Waals surface area contributed by atoms with Gasteiger partial charge in [0, 0.05) is 11.6 Å². The maximum Gasteiger partial charge on any atom is 0.257 e. The number of hydrogen-bond acceptors (Lipinski definition) is 6. The van der Waals surface area contributed by atoms with Crippen LogP contribution >= 0.6 is 0 Å². The van der Waals surface area contributed by atoms with Gasteiger partial charge in [0.2, 0.25) is 0 Å². The second-order valence-corrected chi connectivity index (χ2v) is 7.04. The number of amides is 1. The molecule has 4 aromatic rings. The van der Waals surface area contributed by atoms with Gasteiger partial charge in [0.15, 0.2) is 5.65 Å². The Kier molecular flexibility index (Phi) is 5.05. The molecule has 0 radical (unpaired) electrons. The predicted molar refractivity (Wildman–Crippen MR) is 118 cm³/mol. The minimum Gasteiger partial charge on any atom is -0.507 e. The lowest BCUT2D eigenvalue weighted by Gasteiger charge is -2.11. The zero-order chi connectivity index (χ0) is 21.3. The fourth-order valence-corrected chi connectivity index (χ4v) is 3.10. The molecular weight excluding hydrogens is 380 g/mol. The van der Waals surface area contributed by atoms with Gasteiger partial charge in [-0.15, -0.1) is 0 Å². The number of carbonyl (C=O) groups excluding carboxylic acids is 1. The van der Waals surface area contributed by atoms with Gasteiger partial charge >= 0.3 is 0 Å². The summed E-state index contributed by atoms with van der Waals surface area (Å²) >= 11 is 0. The number of nitrogen functional groups attached to an aromatic ring is 1. The van der Waals surface area contributed by atoms with E-state index < -0.39 is 0 Å². The lowest BCUT2D eigenvalue weighted by molar-refractivity contribution is 0.0941. The van der Waals surface area contributed by atoms with E-state index in [4.69, 9.17) is 5.73 Å². The summed E-state index contributed by atoms with van der Waals surface area (Å²) in [4.78, 5) is 22.2. The van der Waals surface area contributed by atoms with Crippen LogP contribution in [0.5, 0.6) is 5.75 Å². The number of benzene rings is 2. The molecule has 2 aromatic heterocycles. The molecule has 4 N–H and O–H groups in total. The van der Waals surface area contributed by atoms with Crippen molar-refractivity contribution in [1.29, 1.82) is 0 Å². The number of phenolic OH excluding ortho intramolecular Hbond substituents is 1. The first-order valence-corrected chi connectivity index (χ1v) is 9.69. The number of para-hydroxylation sites is 3. The number of nitrogens with two attached hydrogens (primary N) is 1. The van der Waals surface area contributed by atoms with Crippen LogP contribution < -0.4 is 11.1 Å². The Hall–Kier alpha value is -3.94. The first kappa shape index (κ1) is 19.4. The molecule has 0 aliphatic carbocycles. The molecule has 2 aromatic carbocycles. The Morgan fingerprint density at radius 3 is 2.57 bits per heavy atom. The van der Waals surface area contributed by atoms with E-state index in [1.165, 1.54) is 10.9 Å². The molecule has 0 aliphatic rings. The maximum atomic E-state index is 13.0. The van der Waals surface area contributed by atoms with Crippen molar-refractivity contribution in [1.82, 2.24) is 20.0 Å². The van der Waals surface area contributed by atoms with E-state index in [9.17, 15) is 9.90 Å². The van der Waals surface area contributed by atoms with Crippen molar-refractivity contribution in [3.63, 3.8) is 0 Å². The van der Waals surface area contributed by atoms with Crippen LogP contribution in [0, 0.1) is 0 Å². The molecule has 0 bridgehead atoms. The van der Waals surface area contributed by atoms with E-state index >= 15 is 0 Å². The average molecular weight is 402 g/mol. The van der Waals surface area contributed by atoms with Crippen LogP contribution in [0.3, 0.4) is 0 Å². The highest BCUT2D eigenvalue weighted by atomic mass is 16.3. The maximum absolute atomic E-state index is 13.0. The number of hydrogen-bond donors (Lipinski definition) is 3. The smallest absolute Gasteiger partial charge is 0.257 e. The van der Waals surface area contributed by atoms with Gasteiger partial charge in [0.1, 0.15) is 22.6 Å². The first-order valence-electron chi connectivity index (χ1n) is 9.69. The van der Waals surface area contributed by atoms with Gasteiger partial charge in [-0.05, 0) is 37.6 Å². The largest absolute Gasteiger partial charge is 0.507 e. The van der Waals surface area contributed by atoms with Crippen molar-refractivity contribution in [2.24, 2.45) is 5.10 Å². The van der Waals surface area contributed by atoms with Gasteiger partial charge in [0.25, 0.3) is 5.91 Å². The van der Waals surface area contributed by atoms with E-state index in [0.29, 0.717) is 27.8 Å². The predicted octanol–water partition coefficient (Wildman–Crippen LogP) is 3.28. The van der Waals surface area contributed by atoms with Gasteiger partial charge in [-0.25, -0.2) is 9.97 Å². The van der Waals surface area contributed by atoms with Crippen molar-refractivity contribution < 1.29 is 9.90 Å². The van der Waals surface area contributed by atoms with Crippen LogP contribution in [0.4, 0.5) is 5.82 Å². The zero-order valence-electron chi connectivity index (χ0n) is 16.7. The van der Waals surface area contributed by atoms with Crippen LogP contribution in [0.1, 0.15) is 36.2 Å². The summed E-state index contributed by atoms with van der Waals surface area (Å²) in [7, 11) is 0. The molecule has 0 aliphatic heterocycles. The van der Waals surface area contributed by atoms with E-state index in [2.05, 4.69) is 20.4 Å². The summed E-state index contributed by atoms with van der Waals surface area (Å²) in [5.41, 5.74) is 9.15. The molecule has 0 saturated heterocycles. The Morgan fingerprint density at radius 2 is 1.87 bits per heavy atom. The highest BCUT2D eigenvalue weighted by molar-refractivity contribution is 6.10. The minimum absolute atomic E-state index is 0.0199. The number of anilines is 1. The van der Waals surface area contributed by atoms with Gasteiger partial charge in [0.05, 0.1) is 17.2 Å². The molecule has 1 atom stereocenters. The molecular formula is C22H22N6O2. The number of aromatic hydroxyl groups is 1. The second-order valence-electron chi connectivity index (χ2n) is 7.04. The summed E-state index contributed by atoms with van der Waals surface area (Å²) in [6.07, 6.45) is 2.25. The second kappa shape index (κ2) is 7.82. The standard InChI is InChI=1S/C22H22N6O2/c1-3-13(2)25-22(30)18-19-21(27-16-10-6-5-9-15(16)26-19)28(20(18)23)24-12-14-8-4-7-11-17(14)29/h4-13,29H,3,23H2,1-2H3,(H,25,30). The van der Waals surface area contributed by atoms with Gasteiger partial charge in [-0.1, -0.05) is 31.2 Å². The Labute approximate surface area is 173 Å². The molecule has 0 fully saturated rings. The van der Waals surface area contributed by atoms with E-state index in [-0.39, 0.29) is 29.1 Å². The number of aromatic nitrogens is 3. The number of phenols is 1. The molecule has 152 valence electrons. The zero-order valence-corrected chi connectivity index (χ0v) is 16.7. The highest BCUT2D eigenvalue weighted by Crippen LogP contribution is 2.28. The van der Waals surface area contributed by atoms with Crippen molar-refractivity contribution in [3.05, 3.63) is 59.7 Å². The molecule has 2 heterocycles. The third-order valence-electron chi connectivity index (χ3n) is 4.94. The van der Waals surface area contributed by atoms with Crippen molar-refractivity contribution in [2.75, 3.05) is 5.73 Å². The van der Waals surface area contributed by atoms with Crippen LogP contribution in [0.15, 0.2) is 53.6 Å². The number of rotatable bonds is 5. The summed E-state index contributed by atoms with van der Waals surface area (Å²) in [6.45, 7) is 3.91. The molecule has 0 spiro atoms. The van der Waals surface area contributed by atoms with Crippen molar-refractivity contribution in [3.8, 4) is 5.75 Å². The monoisotopic (exact) mass is 402 g/mol. The fourth-order valence-electron chi connectivity index (χ4n) is 3.10. The lowest BCUT2D eigenvalue weighted by atomic mass is 10.2. The lowest BCUT2D eigenvalue weighted by Crippen LogP contribution is -2.32. The van der Waals surface area contributed by atoms with Crippen LogP contribution in [-0.4, -0.2) is 37.9 Å². The summed E-state index contributed by atoms with van der Waals surface area (Å²) in [5, 5.41) is 17.3.